The summed E-state index contributed by atoms with van der Waals surface area (Å²) in [5.74, 6) is -1.58. The quantitative estimate of drug-likeness (QED) is 0.0627. The molecule has 4 atom stereocenters. The van der Waals surface area contributed by atoms with Gasteiger partial charge < -0.3 is 41.4 Å². The number of nitrogens with two attached hydrogens (primary N) is 1. The van der Waals surface area contributed by atoms with Crippen molar-refractivity contribution in [3.63, 3.8) is 0 Å². The first-order valence-electron chi connectivity index (χ1n) is 14.6. The van der Waals surface area contributed by atoms with Gasteiger partial charge in [-0.2, -0.15) is 0 Å². The molecule has 0 fully saturated rings. The van der Waals surface area contributed by atoms with Crippen LogP contribution in [0.4, 0.5) is 9.59 Å². The number of rotatable bonds is 21. The Bertz CT molecular complexity index is 934. The zero-order valence-corrected chi connectivity index (χ0v) is 25.0. The number of hydrogen-bond donors (Lipinski definition) is 7. The first kappa shape index (κ1) is 36.6. The number of nitrogens with one attached hydrogen (secondary N) is 4. The molecule has 1 aromatic carbocycles. The molecule has 0 aliphatic rings. The Morgan fingerprint density at radius 1 is 0.929 bits per heavy atom. The van der Waals surface area contributed by atoms with E-state index >= 15 is 0 Å². The molecule has 3 amide bonds. The number of hydrogen-bond acceptors (Lipinski definition) is 9. The van der Waals surface area contributed by atoms with Crippen molar-refractivity contribution in [3.05, 3.63) is 35.9 Å². The molecule has 0 aliphatic heterocycles. The third-order valence-corrected chi connectivity index (χ3v) is 6.32. The molecule has 0 spiro atoms. The highest BCUT2D eigenvalue weighted by atomic mass is 16.5. The van der Waals surface area contributed by atoms with Crippen molar-refractivity contribution in [2.45, 2.75) is 96.7 Å². The molecule has 13 heteroatoms. The van der Waals surface area contributed by atoms with Crippen LogP contribution in [0.15, 0.2) is 30.3 Å². The number of amides is 3. The molecule has 0 heterocycles. The van der Waals surface area contributed by atoms with Crippen LogP contribution in [0, 0.1) is 5.92 Å². The van der Waals surface area contributed by atoms with E-state index in [-0.39, 0.29) is 32.0 Å². The maximum Gasteiger partial charge on any atom is 0.407 e. The van der Waals surface area contributed by atoms with Crippen LogP contribution in [0.2, 0.25) is 0 Å². The van der Waals surface area contributed by atoms with Crippen molar-refractivity contribution in [1.29, 1.82) is 0 Å². The van der Waals surface area contributed by atoms with Crippen LogP contribution in [0.25, 0.3) is 0 Å². The van der Waals surface area contributed by atoms with Crippen LogP contribution >= 0.6 is 0 Å². The SMILES string of the molecule is CCOC(=O)C(CC(C)C)NC(O)[C@@H](CCCCNC(=O)OCc1ccccc1)NC(=O)N[C@@H](CCCCN)C(=O)O. The van der Waals surface area contributed by atoms with Gasteiger partial charge in [0.1, 0.15) is 24.9 Å². The van der Waals surface area contributed by atoms with Gasteiger partial charge in [-0.15, -0.1) is 0 Å². The summed E-state index contributed by atoms with van der Waals surface area (Å²) in [5, 5.41) is 31.1. The Labute approximate surface area is 248 Å². The average molecular weight is 596 g/mol. The Kier molecular flexibility index (Phi) is 18.6. The highest BCUT2D eigenvalue weighted by Crippen LogP contribution is 2.11. The van der Waals surface area contributed by atoms with E-state index in [1.54, 1.807) is 6.92 Å². The molecular formula is C29H49N5O8. The summed E-state index contributed by atoms with van der Waals surface area (Å²) in [4.78, 5) is 48.9. The molecule has 0 bridgehead atoms. The summed E-state index contributed by atoms with van der Waals surface area (Å²) in [6.07, 6.45) is 1.11. The topological polar surface area (TPSA) is 201 Å². The number of aliphatic hydroxyl groups excluding tert-OH is 1. The van der Waals surface area contributed by atoms with Gasteiger partial charge in [-0.1, -0.05) is 44.2 Å². The Morgan fingerprint density at radius 2 is 1.62 bits per heavy atom. The van der Waals surface area contributed by atoms with Crippen molar-refractivity contribution in [1.82, 2.24) is 21.3 Å². The second kappa shape index (κ2) is 21.3. The van der Waals surface area contributed by atoms with Crippen LogP contribution in [0.3, 0.4) is 0 Å². The zero-order valence-electron chi connectivity index (χ0n) is 25.0. The normalized spacial score (nSPS) is 13.9. The maximum atomic E-state index is 12.8. The van der Waals surface area contributed by atoms with Crippen LogP contribution in [-0.2, 0) is 25.7 Å². The van der Waals surface area contributed by atoms with Gasteiger partial charge in [0.2, 0.25) is 0 Å². The van der Waals surface area contributed by atoms with Gasteiger partial charge in [0.05, 0.1) is 12.6 Å². The lowest BCUT2D eigenvalue weighted by atomic mass is 10.0. The Morgan fingerprint density at radius 3 is 2.24 bits per heavy atom. The summed E-state index contributed by atoms with van der Waals surface area (Å²) >= 11 is 0. The molecule has 1 aromatic rings. The molecule has 0 saturated carbocycles. The number of esters is 1. The molecule has 8 N–H and O–H groups in total. The highest BCUT2D eigenvalue weighted by Gasteiger charge is 2.29. The summed E-state index contributed by atoms with van der Waals surface area (Å²) in [6.45, 7) is 6.58. The van der Waals surface area contributed by atoms with Gasteiger partial charge in [0, 0.05) is 6.54 Å². The van der Waals surface area contributed by atoms with E-state index in [4.69, 9.17) is 15.2 Å². The zero-order chi connectivity index (χ0) is 31.3. The number of carboxylic acids is 1. The van der Waals surface area contributed by atoms with Gasteiger partial charge in [0.25, 0.3) is 0 Å². The van der Waals surface area contributed by atoms with E-state index in [2.05, 4.69) is 21.3 Å². The van der Waals surface area contributed by atoms with Gasteiger partial charge >= 0.3 is 24.1 Å². The number of benzene rings is 1. The predicted octanol–water partition coefficient (Wildman–Crippen LogP) is 2.22. The van der Waals surface area contributed by atoms with Gasteiger partial charge in [-0.25, -0.2) is 14.4 Å². The molecule has 0 aliphatic carbocycles. The highest BCUT2D eigenvalue weighted by molar-refractivity contribution is 5.82. The second-order valence-electron chi connectivity index (χ2n) is 10.4. The molecule has 2 unspecified atom stereocenters. The predicted molar refractivity (Wildman–Crippen MR) is 157 cm³/mol. The van der Waals surface area contributed by atoms with Gasteiger partial charge in [-0.3, -0.25) is 10.1 Å². The summed E-state index contributed by atoms with van der Waals surface area (Å²) < 4.78 is 10.3. The molecule has 238 valence electrons. The first-order chi connectivity index (χ1) is 20.1. The number of alkyl carbamates (subject to hydrolysis) is 1. The minimum atomic E-state index is -1.34. The number of carbonyl (C=O) groups excluding carboxylic acids is 3. The third-order valence-electron chi connectivity index (χ3n) is 6.32. The van der Waals surface area contributed by atoms with E-state index in [1.165, 1.54) is 0 Å². The standard InChI is InChI=1S/C29H49N5O8/c1-4-41-27(38)24(18-20(2)3)32-25(35)22(33-28(39)34-23(26(36)37)15-8-10-16-30)14-9-11-17-31-29(40)42-19-21-12-6-5-7-13-21/h5-7,12-13,20,22-25,32,35H,4,8-11,14-19,30H2,1-3H3,(H,31,40)(H,36,37)(H2,33,34,39)/t22-,23+,24?,25?/m1/s1. The largest absolute Gasteiger partial charge is 0.480 e. The van der Waals surface area contributed by atoms with Crippen LogP contribution < -0.4 is 27.0 Å². The minimum absolute atomic E-state index is 0.117. The van der Waals surface area contributed by atoms with E-state index < -0.39 is 48.4 Å². The van der Waals surface area contributed by atoms with E-state index in [0.29, 0.717) is 45.2 Å². The van der Waals surface area contributed by atoms with Gasteiger partial charge in [-0.05, 0) is 69.9 Å². The maximum absolute atomic E-state index is 12.8. The van der Waals surface area contributed by atoms with E-state index in [0.717, 1.165) is 5.56 Å². The third kappa shape index (κ3) is 16.1. The fourth-order valence-corrected chi connectivity index (χ4v) is 4.15. The lowest BCUT2D eigenvalue weighted by Crippen LogP contribution is -2.57. The number of carbonyl (C=O) groups is 4. The van der Waals surface area contributed by atoms with Crippen LogP contribution in [0.1, 0.15) is 71.3 Å². The smallest absolute Gasteiger partial charge is 0.407 e. The molecular weight excluding hydrogens is 546 g/mol. The van der Waals surface area contributed by atoms with Crippen molar-refractivity contribution in [2.75, 3.05) is 19.7 Å². The Hall–Kier alpha value is -3.42. The number of aliphatic carboxylic acids is 1. The Balaban J connectivity index is 2.76. The summed E-state index contributed by atoms with van der Waals surface area (Å²) in [7, 11) is 0. The average Bonchev–Trinajstić information content (AvgIpc) is 2.94. The first-order valence-corrected chi connectivity index (χ1v) is 14.6. The van der Waals surface area contributed by atoms with Crippen molar-refractivity contribution in [3.8, 4) is 0 Å². The second-order valence-corrected chi connectivity index (χ2v) is 10.4. The molecule has 0 saturated heterocycles. The fourth-order valence-electron chi connectivity index (χ4n) is 4.15. The number of ether oxygens (including phenoxy) is 2. The van der Waals surface area contributed by atoms with Crippen molar-refractivity contribution >= 4 is 24.1 Å². The lowest BCUT2D eigenvalue weighted by Gasteiger charge is -2.29. The summed E-state index contributed by atoms with van der Waals surface area (Å²) in [6, 6.07) is 5.70. The van der Waals surface area contributed by atoms with Crippen LogP contribution in [0.5, 0.6) is 0 Å². The van der Waals surface area contributed by atoms with Crippen molar-refractivity contribution < 1.29 is 38.9 Å². The summed E-state index contributed by atoms with van der Waals surface area (Å²) in [5.41, 5.74) is 6.35. The van der Waals surface area contributed by atoms with Crippen molar-refractivity contribution in [2.24, 2.45) is 11.7 Å². The van der Waals surface area contributed by atoms with Gasteiger partial charge in [0.15, 0.2) is 0 Å². The fraction of sp³-hybridized carbons (Fsp3) is 0.655. The monoisotopic (exact) mass is 595 g/mol. The molecule has 0 aromatic heterocycles. The van der Waals surface area contributed by atoms with E-state index in [9.17, 15) is 29.4 Å². The number of aliphatic hydroxyl groups is 1. The van der Waals surface area contributed by atoms with E-state index in [1.807, 2.05) is 44.2 Å². The molecule has 13 nitrogen and oxygen atoms in total. The number of unbranched alkanes of at least 4 members (excludes halogenated alkanes) is 2. The number of urea groups is 1. The molecule has 0 radical (unpaired) electrons. The molecule has 42 heavy (non-hydrogen) atoms. The minimum Gasteiger partial charge on any atom is -0.480 e. The number of carboxylic acid groups (broad SMARTS) is 1. The van der Waals surface area contributed by atoms with Crippen LogP contribution in [-0.4, -0.2) is 78.3 Å². The lowest BCUT2D eigenvalue weighted by molar-refractivity contribution is -0.147. The molecule has 1 rings (SSSR count).